The quantitative estimate of drug-likeness (QED) is 0.796. The van der Waals surface area contributed by atoms with Crippen LogP contribution in [0.4, 0.5) is 11.4 Å². The third kappa shape index (κ3) is 4.46. The van der Waals surface area contributed by atoms with Crippen LogP contribution in [-0.4, -0.2) is 62.8 Å². The Labute approximate surface area is 163 Å². The first kappa shape index (κ1) is 18.8. The Morgan fingerprint density at radius 3 is 2.59 bits per heavy atom. The van der Waals surface area contributed by atoms with Crippen molar-refractivity contribution in [3.63, 3.8) is 0 Å². The minimum atomic E-state index is 0.261. The Morgan fingerprint density at radius 1 is 1.07 bits per heavy atom. The highest BCUT2D eigenvalue weighted by Gasteiger charge is 2.26. The van der Waals surface area contributed by atoms with E-state index in [0.29, 0.717) is 18.6 Å². The standard InChI is InChI=1S/C22H33N3O2/c1-23(17-21-8-2-3-15-27-21)18-10-13-24(14-11-18)19-6-4-7-20(16-19)25-12-5-9-22(25)26/h4,6-7,16,18,21H,2-3,5,8-15,17H2,1H3. The van der Waals surface area contributed by atoms with Gasteiger partial charge in [0, 0.05) is 56.6 Å². The van der Waals surface area contributed by atoms with E-state index < -0.39 is 0 Å². The molecule has 0 bridgehead atoms. The molecule has 1 aromatic carbocycles. The third-order valence-corrected chi connectivity index (χ3v) is 6.43. The number of likely N-dealkylation sites (N-methyl/N-ethyl adjacent to an activating group) is 1. The number of amides is 1. The van der Waals surface area contributed by atoms with Gasteiger partial charge < -0.3 is 19.4 Å². The van der Waals surface area contributed by atoms with Gasteiger partial charge in [-0.25, -0.2) is 0 Å². The number of nitrogens with zero attached hydrogens (tertiary/aromatic N) is 3. The Balaban J connectivity index is 1.31. The van der Waals surface area contributed by atoms with Crippen LogP contribution in [0.1, 0.15) is 44.9 Å². The van der Waals surface area contributed by atoms with Gasteiger partial charge in [0.15, 0.2) is 0 Å². The van der Waals surface area contributed by atoms with E-state index in [1.54, 1.807) is 0 Å². The SMILES string of the molecule is CN(CC1CCCCO1)C1CCN(c2cccc(N3CCCC3=O)c2)CC1. The van der Waals surface area contributed by atoms with Crippen molar-refractivity contribution < 1.29 is 9.53 Å². The van der Waals surface area contributed by atoms with Gasteiger partial charge in [0.05, 0.1) is 6.10 Å². The summed E-state index contributed by atoms with van der Waals surface area (Å²) in [5.74, 6) is 0.261. The summed E-state index contributed by atoms with van der Waals surface area (Å²) in [6, 6.07) is 9.19. The maximum atomic E-state index is 12.0. The summed E-state index contributed by atoms with van der Waals surface area (Å²) >= 11 is 0. The average molecular weight is 372 g/mol. The van der Waals surface area contributed by atoms with Gasteiger partial charge in [0.25, 0.3) is 0 Å². The number of anilines is 2. The van der Waals surface area contributed by atoms with Crippen LogP contribution in [-0.2, 0) is 9.53 Å². The lowest BCUT2D eigenvalue weighted by Gasteiger charge is -2.39. The lowest BCUT2D eigenvalue weighted by molar-refractivity contribution is -0.117. The molecule has 0 radical (unpaired) electrons. The molecule has 1 aromatic rings. The van der Waals surface area contributed by atoms with Gasteiger partial charge >= 0.3 is 0 Å². The lowest BCUT2D eigenvalue weighted by atomic mass is 10.0. The van der Waals surface area contributed by atoms with Crippen molar-refractivity contribution >= 4 is 17.3 Å². The van der Waals surface area contributed by atoms with Gasteiger partial charge in [0.1, 0.15) is 0 Å². The van der Waals surface area contributed by atoms with Crippen molar-refractivity contribution in [1.82, 2.24) is 4.90 Å². The minimum absolute atomic E-state index is 0.261. The molecule has 1 amide bonds. The summed E-state index contributed by atoms with van der Waals surface area (Å²) in [5.41, 5.74) is 2.31. The molecule has 3 fully saturated rings. The number of hydrogen-bond donors (Lipinski definition) is 0. The topological polar surface area (TPSA) is 36.0 Å². The van der Waals surface area contributed by atoms with E-state index in [1.165, 1.54) is 37.8 Å². The van der Waals surface area contributed by atoms with Gasteiger partial charge in [-0.1, -0.05) is 6.07 Å². The fourth-order valence-corrected chi connectivity index (χ4v) is 4.77. The molecule has 4 rings (SSSR count). The maximum Gasteiger partial charge on any atom is 0.227 e. The maximum absolute atomic E-state index is 12.0. The highest BCUT2D eigenvalue weighted by molar-refractivity contribution is 5.95. The molecule has 27 heavy (non-hydrogen) atoms. The van der Waals surface area contributed by atoms with Crippen LogP contribution in [0, 0.1) is 0 Å². The second kappa shape index (κ2) is 8.61. The van der Waals surface area contributed by atoms with E-state index in [2.05, 4.69) is 41.1 Å². The molecule has 1 atom stereocenters. The molecule has 5 nitrogen and oxygen atoms in total. The van der Waals surface area contributed by atoms with Gasteiger partial charge in [-0.2, -0.15) is 0 Å². The van der Waals surface area contributed by atoms with Crippen molar-refractivity contribution in [1.29, 1.82) is 0 Å². The Morgan fingerprint density at radius 2 is 1.89 bits per heavy atom. The normalized spacial score (nSPS) is 24.8. The number of rotatable bonds is 5. The number of ether oxygens (including phenoxy) is 1. The largest absolute Gasteiger partial charge is 0.377 e. The zero-order valence-corrected chi connectivity index (χ0v) is 16.6. The molecule has 148 valence electrons. The summed E-state index contributed by atoms with van der Waals surface area (Å²) in [7, 11) is 2.26. The molecule has 5 heteroatoms. The van der Waals surface area contributed by atoms with E-state index in [-0.39, 0.29) is 5.91 Å². The van der Waals surface area contributed by atoms with Crippen LogP contribution in [0.5, 0.6) is 0 Å². The first-order valence-electron chi connectivity index (χ1n) is 10.7. The zero-order chi connectivity index (χ0) is 18.6. The first-order chi connectivity index (χ1) is 13.2. The summed E-state index contributed by atoms with van der Waals surface area (Å²) in [6.07, 6.45) is 8.22. The van der Waals surface area contributed by atoms with Gasteiger partial charge in [-0.15, -0.1) is 0 Å². The smallest absolute Gasteiger partial charge is 0.227 e. The van der Waals surface area contributed by atoms with E-state index >= 15 is 0 Å². The van der Waals surface area contributed by atoms with Crippen LogP contribution in [0.2, 0.25) is 0 Å². The molecule has 0 N–H and O–H groups in total. The number of carbonyl (C=O) groups excluding carboxylic acids is 1. The minimum Gasteiger partial charge on any atom is -0.377 e. The van der Waals surface area contributed by atoms with Gasteiger partial charge in [-0.3, -0.25) is 4.79 Å². The van der Waals surface area contributed by atoms with Crippen molar-refractivity contribution in [3.05, 3.63) is 24.3 Å². The van der Waals surface area contributed by atoms with E-state index in [1.807, 2.05) is 4.90 Å². The Bertz CT molecular complexity index is 636. The summed E-state index contributed by atoms with van der Waals surface area (Å²) in [6.45, 7) is 5.03. The monoisotopic (exact) mass is 371 g/mol. The number of carbonyl (C=O) groups is 1. The summed E-state index contributed by atoms with van der Waals surface area (Å²) in [5, 5.41) is 0. The fourth-order valence-electron chi connectivity index (χ4n) is 4.77. The first-order valence-corrected chi connectivity index (χ1v) is 10.7. The van der Waals surface area contributed by atoms with Crippen LogP contribution in [0.3, 0.4) is 0 Å². The van der Waals surface area contributed by atoms with Crippen molar-refractivity contribution in [2.45, 2.75) is 57.1 Å². The molecule has 1 unspecified atom stereocenters. The summed E-state index contributed by atoms with van der Waals surface area (Å²) < 4.78 is 5.92. The van der Waals surface area contributed by atoms with Crippen LogP contribution in [0.25, 0.3) is 0 Å². The molecule has 0 spiro atoms. The van der Waals surface area contributed by atoms with Crippen LogP contribution in [0.15, 0.2) is 24.3 Å². The van der Waals surface area contributed by atoms with Crippen LogP contribution < -0.4 is 9.80 Å². The Hall–Kier alpha value is -1.59. The van der Waals surface area contributed by atoms with E-state index in [9.17, 15) is 4.79 Å². The second-order valence-electron chi connectivity index (χ2n) is 8.32. The predicted molar refractivity (Wildman–Crippen MR) is 109 cm³/mol. The van der Waals surface area contributed by atoms with Gasteiger partial charge in [0.2, 0.25) is 5.91 Å². The molecule has 3 saturated heterocycles. The molecule has 3 aliphatic heterocycles. The number of hydrogen-bond acceptors (Lipinski definition) is 4. The van der Waals surface area contributed by atoms with Crippen molar-refractivity contribution in [2.75, 3.05) is 49.6 Å². The molecular weight excluding hydrogens is 338 g/mol. The van der Waals surface area contributed by atoms with Crippen molar-refractivity contribution in [2.24, 2.45) is 0 Å². The molecule has 0 saturated carbocycles. The highest BCUT2D eigenvalue weighted by Crippen LogP contribution is 2.28. The summed E-state index contributed by atoms with van der Waals surface area (Å²) in [4.78, 5) is 19.0. The fraction of sp³-hybridized carbons (Fsp3) is 0.682. The molecule has 0 aromatic heterocycles. The third-order valence-electron chi connectivity index (χ3n) is 6.43. The molecule has 0 aliphatic carbocycles. The zero-order valence-electron chi connectivity index (χ0n) is 16.6. The number of piperidine rings is 1. The Kier molecular flexibility index (Phi) is 5.98. The average Bonchev–Trinajstić information content (AvgIpc) is 3.15. The highest BCUT2D eigenvalue weighted by atomic mass is 16.5. The molecule has 3 aliphatic rings. The van der Waals surface area contributed by atoms with Crippen molar-refractivity contribution in [3.8, 4) is 0 Å². The van der Waals surface area contributed by atoms with E-state index in [0.717, 1.165) is 44.9 Å². The van der Waals surface area contributed by atoms with Crippen LogP contribution >= 0.6 is 0 Å². The van der Waals surface area contributed by atoms with Gasteiger partial charge in [-0.05, 0) is 63.8 Å². The predicted octanol–water partition coefficient (Wildman–Crippen LogP) is 3.28. The molecular formula is C22H33N3O2. The molecule has 3 heterocycles. The second-order valence-corrected chi connectivity index (χ2v) is 8.32. The lowest BCUT2D eigenvalue weighted by Crippen LogP contribution is -2.46. The number of benzene rings is 1. The van der Waals surface area contributed by atoms with E-state index in [4.69, 9.17) is 4.74 Å².